The van der Waals surface area contributed by atoms with Gasteiger partial charge in [0.15, 0.2) is 5.96 Å². The van der Waals surface area contributed by atoms with Gasteiger partial charge < -0.3 is 15.0 Å². The average molecular weight is 335 g/mol. The van der Waals surface area contributed by atoms with Crippen molar-refractivity contribution in [2.45, 2.75) is 20.3 Å². The van der Waals surface area contributed by atoms with Crippen LogP contribution in [0.15, 0.2) is 29.3 Å². The lowest BCUT2D eigenvalue weighted by Crippen LogP contribution is -2.40. The molecule has 5 nitrogen and oxygen atoms in total. The number of rotatable bonds is 5. The largest absolute Gasteiger partial charge is 0.469 e. The zero-order valence-corrected chi connectivity index (χ0v) is 14.6. The van der Waals surface area contributed by atoms with Crippen LogP contribution >= 0.6 is 0 Å². The van der Waals surface area contributed by atoms with E-state index in [1.165, 1.54) is 19.2 Å². The molecule has 0 spiro atoms. The van der Waals surface area contributed by atoms with Gasteiger partial charge in [-0.25, -0.2) is 4.39 Å². The third-order valence-electron chi connectivity index (χ3n) is 4.30. The summed E-state index contributed by atoms with van der Waals surface area (Å²) in [5.74, 6) is 0.511. The van der Waals surface area contributed by atoms with Crippen molar-refractivity contribution in [3.63, 3.8) is 0 Å². The van der Waals surface area contributed by atoms with Gasteiger partial charge in [-0.1, -0.05) is 19.1 Å². The number of aliphatic imine (C=N–C) groups is 1. The highest BCUT2D eigenvalue weighted by Crippen LogP contribution is 2.24. The van der Waals surface area contributed by atoms with Crippen molar-refractivity contribution in [1.82, 2.24) is 10.2 Å². The second kappa shape index (κ2) is 8.66. The van der Waals surface area contributed by atoms with Gasteiger partial charge in [-0.2, -0.15) is 0 Å². The van der Waals surface area contributed by atoms with Crippen molar-refractivity contribution >= 4 is 11.9 Å². The zero-order chi connectivity index (χ0) is 17.5. The lowest BCUT2D eigenvalue weighted by molar-refractivity contribution is -0.145. The maximum absolute atomic E-state index is 13.2. The van der Waals surface area contributed by atoms with Gasteiger partial charge in [0.05, 0.1) is 13.0 Å². The number of ether oxygens (including phenoxy) is 1. The number of carbonyl (C=O) groups is 1. The number of likely N-dealkylation sites (tertiary alicyclic amines) is 1. The molecule has 0 bridgehead atoms. The van der Waals surface area contributed by atoms with E-state index < -0.39 is 0 Å². The van der Waals surface area contributed by atoms with Crippen LogP contribution in [0.2, 0.25) is 0 Å². The van der Waals surface area contributed by atoms with E-state index >= 15 is 0 Å². The van der Waals surface area contributed by atoms with Crippen LogP contribution in [0.4, 0.5) is 4.39 Å². The molecule has 0 aliphatic carbocycles. The topological polar surface area (TPSA) is 53.9 Å². The van der Waals surface area contributed by atoms with Crippen LogP contribution in [0.25, 0.3) is 0 Å². The number of carbonyl (C=O) groups excluding carboxylic acids is 1. The standard InChI is InChI=1S/C18H26FN3O2/c1-4-20-18(21-9-8-14-6-5-7-15(19)10-14)22-11-13(2)16(12-22)17(23)24-3/h5-7,10,13,16H,4,8-9,11-12H2,1-3H3,(H,20,21). The molecule has 0 aromatic heterocycles. The first kappa shape index (κ1) is 18.2. The minimum Gasteiger partial charge on any atom is -0.469 e. The first-order valence-corrected chi connectivity index (χ1v) is 8.40. The van der Waals surface area contributed by atoms with E-state index in [1.807, 2.05) is 13.0 Å². The number of guanidine groups is 1. The minimum atomic E-state index is -0.224. The van der Waals surface area contributed by atoms with Gasteiger partial charge in [0.1, 0.15) is 5.82 Å². The molecular formula is C18H26FN3O2. The van der Waals surface area contributed by atoms with Gasteiger partial charge in [-0.05, 0) is 37.0 Å². The highest BCUT2D eigenvalue weighted by Gasteiger charge is 2.36. The van der Waals surface area contributed by atoms with Crippen molar-refractivity contribution in [2.75, 3.05) is 33.3 Å². The van der Waals surface area contributed by atoms with Crippen LogP contribution in [-0.4, -0.2) is 50.1 Å². The van der Waals surface area contributed by atoms with Gasteiger partial charge in [-0.15, -0.1) is 0 Å². The number of nitrogens with one attached hydrogen (secondary N) is 1. The Labute approximate surface area is 142 Å². The summed E-state index contributed by atoms with van der Waals surface area (Å²) in [4.78, 5) is 18.6. The Hall–Kier alpha value is -2.11. The number of halogens is 1. The van der Waals surface area contributed by atoms with E-state index in [0.717, 1.165) is 24.6 Å². The predicted molar refractivity (Wildman–Crippen MR) is 92.3 cm³/mol. The van der Waals surface area contributed by atoms with Crippen LogP contribution in [0, 0.1) is 17.7 Å². The molecule has 0 amide bonds. The summed E-state index contributed by atoms with van der Waals surface area (Å²) in [6.07, 6.45) is 0.677. The summed E-state index contributed by atoms with van der Waals surface area (Å²) in [7, 11) is 1.43. The lowest BCUT2D eigenvalue weighted by atomic mass is 9.99. The molecule has 1 aliphatic rings. The summed E-state index contributed by atoms with van der Waals surface area (Å²) in [6.45, 7) is 6.77. The number of nitrogens with zero attached hydrogens (tertiary/aromatic N) is 2. The Bertz CT molecular complexity index is 591. The van der Waals surface area contributed by atoms with Crippen LogP contribution in [0.3, 0.4) is 0 Å². The molecule has 132 valence electrons. The van der Waals surface area contributed by atoms with Gasteiger partial charge in [-0.3, -0.25) is 9.79 Å². The second-order valence-electron chi connectivity index (χ2n) is 6.13. The number of esters is 1. The smallest absolute Gasteiger partial charge is 0.310 e. The third-order valence-corrected chi connectivity index (χ3v) is 4.30. The predicted octanol–water partition coefficient (Wildman–Crippen LogP) is 2.07. The molecule has 2 atom stereocenters. The van der Waals surface area contributed by atoms with Crippen LogP contribution in [-0.2, 0) is 16.0 Å². The summed E-state index contributed by atoms with van der Waals surface area (Å²) in [5.41, 5.74) is 0.928. The first-order chi connectivity index (χ1) is 11.5. The molecule has 1 aliphatic heterocycles. The molecular weight excluding hydrogens is 309 g/mol. The van der Waals surface area contributed by atoms with E-state index in [-0.39, 0.29) is 23.6 Å². The number of hydrogen-bond donors (Lipinski definition) is 1. The van der Waals surface area contributed by atoms with Crippen LogP contribution in [0.5, 0.6) is 0 Å². The number of methoxy groups -OCH3 is 1. The normalized spacial score (nSPS) is 21.0. The van der Waals surface area contributed by atoms with Crippen molar-refractivity contribution in [1.29, 1.82) is 0 Å². The van der Waals surface area contributed by atoms with Gasteiger partial charge in [0, 0.05) is 26.2 Å². The average Bonchev–Trinajstić information content (AvgIpc) is 2.95. The van der Waals surface area contributed by atoms with Crippen molar-refractivity contribution in [3.05, 3.63) is 35.6 Å². The molecule has 1 heterocycles. The number of benzene rings is 1. The summed E-state index contributed by atoms with van der Waals surface area (Å²) in [6, 6.07) is 6.59. The molecule has 1 aromatic rings. The molecule has 1 fully saturated rings. The fourth-order valence-electron chi connectivity index (χ4n) is 3.01. The molecule has 0 radical (unpaired) electrons. The fraction of sp³-hybridized carbons (Fsp3) is 0.556. The monoisotopic (exact) mass is 335 g/mol. The number of hydrogen-bond acceptors (Lipinski definition) is 3. The highest BCUT2D eigenvalue weighted by atomic mass is 19.1. The second-order valence-corrected chi connectivity index (χ2v) is 6.13. The fourth-order valence-corrected chi connectivity index (χ4v) is 3.01. The van der Waals surface area contributed by atoms with Crippen LogP contribution in [0.1, 0.15) is 19.4 Å². The van der Waals surface area contributed by atoms with E-state index in [1.54, 1.807) is 6.07 Å². The van der Waals surface area contributed by atoms with E-state index in [9.17, 15) is 9.18 Å². The molecule has 2 unspecified atom stereocenters. The molecule has 6 heteroatoms. The molecule has 24 heavy (non-hydrogen) atoms. The zero-order valence-electron chi connectivity index (χ0n) is 14.6. The molecule has 0 saturated carbocycles. The summed E-state index contributed by atoms with van der Waals surface area (Å²) >= 11 is 0. The third kappa shape index (κ3) is 4.69. The van der Waals surface area contributed by atoms with E-state index in [2.05, 4.69) is 22.1 Å². The van der Waals surface area contributed by atoms with E-state index in [4.69, 9.17) is 4.74 Å². The SMILES string of the molecule is CCNC(=NCCc1cccc(F)c1)N1CC(C)C(C(=O)OC)C1. The Morgan fingerprint density at radius 2 is 2.25 bits per heavy atom. The summed E-state index contributed by atoms with van der Waals surface area (Å²) < 4.78 is 18.1. The highest BCUT2D eigenvalue weighted by molar-refractivity contribution is 5.82. The maximum atomic E-state index is 13.2. The molecule has 1 aromatic carbocycles. The minimum absolute atomic E-state index is 0.123. The van der Waals surface area contributed by atoms with E-state index in [0.29, 0.717) is 19.5 Å². The molecule has 2 rings (SSSR count). The quantitative estimate of drug-likeness (QED) is 0.508. The van der Waals surface area contributed by atoms with Gasteiger partial charge in [0.25, 0.3) is 0 Å². The van der Waals surface area contributed by atoms with Crippen molar-refractivity contribution < 1.29 is 13.9 Å². The van der Waals surface area contributed by atoms with Gasteiger partial charge >= 0.3 is 5.97 Å². The van der Waals surface area contributed by atoms with Crippen LogP contribution < -0.4 is 5.32 Å². The maximum Gasteiger partial charge on any atom is 0.310 e. The lowest BCUT2D eigenvalue weighted by Gasteiger charge is -2.21. The first-order valence-electron chi connectivity index (χ1n) is 8.40. The van der Waals surface area contributed by atoms with Crippen molar-refractivity contribution in [2.24, 2.45) is 16.8 Å². The Balaban J connectivity index is 1.99. The summed E-state index contributed by atoms with van der Waals surface area (Å²) in [5, 5.41) is 3.27. The Morgan fingerprint density at radius 3 is 2.92 bits per heavy atom. The molecule has 1 saturated heterocycles. The van der Waals surface area contributed by atoms with Gasteiger partial charge in [0.2, 0.25) is 0 Å². The Kier molecular flexibility index (Phi) is 6.58. The van der Waals surface area contributed by atoms with Crippen molar-refractivity contribution in [3.8, 4) is 0 Å². The molecule has 1 N–H and O–H groups in total. The Morgan fingerprint density at radius 1 is 1.46 bits per heavy atom.